The van der Waals surface area contributed by atoms with Gasteiger partial charge in [0, 0.05) is 6.54 Å². The van der Waals surface area contributed by atoms with Crippen LogP contribution in [0.2, 0.25) is 0 Å². The highest BCUT2D eigenvalue weighted by Gasteiger charge is 2.01. The van der Waals surface area contributed by atoms with Gasteiger partial charge in [0.25, 0.3) is 0 Å². The zero-order valence-electron chi connectivity index (χ0n) is 9.09. The van der Waals surface area contributed by atoms with Gasteiger partial charge in [-0.3, -0.25) is 4.79 Å². The number of halogens is 1. The number of rotatable bonds is 4. The molecule has 3 heteroatoms. The van der Waals surface area contributed by atoms with E-state index in [-0.39, 0.29) is 11.8 Å². The maximum absolute atomic E-state index is 11.0. The van der Waals surface area contributed by atoms with Crippen LogP contribution in [-0.2, 0) is 11.3 Å². The van der Waals surface area contributed by atoms with Crippen molar-refractivity contribution in [3.05, 3.63) is 35.4 Å². The van der Waals surface area contributed by atoms with Gasteiger partial charge in [-0.15, -0.1) is 11.6 Å². The summed E-state index contributed by atoms with van der Waals surface area (Å²) < 4.78 is 0. The normalized spacial score (nSPS) is 10.4. The van der Waals surface area contributed by atoms with E-state index in [1.807, 2.05) is 12.1 Å². The lowest BCUT2D eigenvalue weighted by Crippen LogP contribution is -2.23. The Hall–Kier alpha value is -1.02. The minimum atomic E-state index is -0.133. The van der Waals surface area contributed by atoms with Crippen LogP contribution in [0.15, 0.2) is 24.3 Å². The molecule has 82 valence electrons. The van der Waals surface area contributed by atoms with Crippen molar-refractivity contribution >= 4 is 17.5 Å². The number of benzene rings is 1. The molecule has 0 aromatic heterocycles. The third kappa shape index (κ3) is 3.92. The molecule has 0 heterocycles. The molecule has 0 spiro atoms. The number of hydrogen-bond acceptors (Lipinski definition) is 1. The second-order valence-electron chi connectivity index (χ2n) is 3.81. The Bertz CT molecular complexity index is 336. The van der Waals surface area contributed by atoms with Crippen molar-refractivity contribution in [1.82, 2.24) is 5.32 Å². The maximum atomic E-state index is 11.0. The van der Waals surface area contributed by atoms with Gasteiger partial charge in [-0.25, -0.2) is 0 Å². The molecule has 0 aliphatic carbocycles. The minimum Gasteiger partial charge on any atom is -0.351 e. The first-order valence-electron chi connectivity index (χ1n) is 5.05. The topological polar surface area (TPSA) is 29.1 Å². The van der Waals surface area contributed by atoms with Crippen molar-refractivity contribution in [2.45, 2.75) is 26.3 Å². The molecule has 1 N–H and O–H groups in total. The first-order valence-corrected chi connectivity index (χ1v) is 5.58. The largest absolute Gasteiger partial charge is 0.351 e. The average molecular weight is 226 g/mol. The Morgan fingerprint density at radius 3 is 2.80 bits per heavy atom. The molecule has 0 unspecified atom stereocenters. The van der Waals surface area contributed by atoms with Crippen LogP contribution in [0.3, 0.4) is 0 Å². The summed E-state index contributed by atoms with van der Waals surface area (Å²) in [4.78, 5) is 11.0. The number of nitrogens with one attached hydrogen (secondary N) is 1. The second-order valence-corrected chi connectivity index (χ2v) is 4.08. The number of alkyl halides is 1. The lowest BCUT2D eigenvalue weighted by molar-refractivity contribution is -0.118. The summed E-state index contributed by atoms with van der Waals surface area (Å²) in [6, 6.07) is 8.22. The van der Waals surface area contributed by atoms with E-state index in [2.05, 4.69) is 31.3 Å². The molecule has 0 atom stereocenters. The first kappa shape index (κ1) is 12.1. The van der Waals surface area contributed by atoms with Crippen LogP contribution in [0.25, 0.3) is 0 Å². The zero-order chi connectivity index (χ0) is 11.3. The molecule has 0 saturated heterocycles. The minimum absolute atomic E-state index is 0.0177. The summed E-state index contributed by atoms with van der Waals surface area (Å²) in [7, 11) is 0. The summed E-state index contributed by atoms with van der Waals surface area (Å²) in [5.41, 5.74) is 2.40. The zero-order valence-corrected chi connectivity index (χ0v) is 9.84. The van der Waals surface area contributed by atoms with Gasteiger partial charge < -0.3 is 5.32 Å². The Morgan fingerprint density at radius 2 is 2.20 bits per heavy atom. The van der Waals surface area contributed by atoms with Gasteiger partial charge in [-0.05, 0) is 17.0 Å². The molecule has 0 aliphatic heterocycles. The molecule has 0 bridgehead atoms. The van der Waals surface area contributed by atoms with E-state index in [0.717, 1.165) is 5.56 Å². The van der Waals surface area contributed by atoms with Gasteiger partial charge in [0.2, 0.25) is 5.91 Å². The van der Waals surface area contributed by atoms with Gasteiger partial charge in [0.1, 0.15) is 5.88 Å². The van der Waals surface area contributed by atoms with E-state index in [9.17, 15) is 4.79 Å². The van der Waals surface area contributed by atoms with E-state index < -0.39 is 0 Å². The average Bonchev–Trinajstić information content (AvgIpc) is 2.26. The van der Waals surface area contributed by atoms with E-state index >= 15 is 0 Å². The Kier molecular flexibility index (Phi) is 4.63. The molecule has 1 rings (SSSR count). The van der Waals surface area contributed by atoms with E-state index in [4.69, 9.17) is 11.6 Å². The third-order valence-electron chi connectivity index (χ3n) is 2.23. The molecule has 0 radical (unpaired) electrons. The van der Waals surface area contributed by atoms with Crippen LogP contribution in [0.1, 0.15) is 30.9 Å². The number of carbonyl (C=O) groups excluding carboxylic acids is 1. The molecule has 0 saturated carbocycles. The van der Waals surface area contributed by atoms with Gasteiger partial charge in [-0.1, -0.05) is 38.1 Å². The van der Waals surface area contributed by atoms with Crippen LogP contribution >= 0.6 is 11.6 Å². The fraction of sp³-hybridized carbons (Fsp3) is 0.417. The van der Waals surface area contributed by atoms with Crippen LogP contribution < -0.4 is 5.32 Å². The smallest absolute Gasteiger partial charge is 0.235 e. The van der Waals surface area contributed by atoms with Gasteiger partial charge >= 0.3 is 0 Å². The molecule has 0 fully saturated rings. The van der Waals surface area contributed by atoms with Crippen molar-refractivity contribution in [2.24, 2.45) is 0 Å². The summed E-state index contributed by atoms with van der Waals surface area (Å²) in [6.07, 6.45) is 0. The third-order valence-corrected chi connectivity index (χ3v) is 2.47. The van der Waals surface area contributed by atoms with Gasteiger partial charge in [0.05, 0.1) is 0 Å². The lowest BCUT2D eigenvalue weighted by atomic mass is 10.0. The summed E-state index contributed by atoms with van der Waals surface area (Å²) in [5.74, 6) is 0.393. The molecule has 15 heavy (non-hydrogen) atoms. The van der Waals surface area contributed by atoms with Gasteiger partial charge in [-0.2, -0.15) is 0 Å². The highest BCUT2D eigenvalue weighted by Crippen LogP contribution is 2.15. The second kappa shape index (κ2) is 5.76. The van der Waals surface area contributed by atoms with Crippen molar-refractivity contribution < 1.29 is 4.79 Å². The molecular weight excluding hydrogens is 210 g/mol. The van der Waals surface area contributed by atoms with Crippen LogP contribution in [0, 0.1) is 0 Å². The van der Waals surface area contributed by atoms with E-state index in [1.54, 1.807) is 0 Å². The maximum Gasteiger partial charge on any atom is 0.235 e. The van der Waals surface area contributed by atoms with Crippen LogP contribution in [0.4, 0.5) is 0 Å². The van der Waals surface area contributed by atoms with E-state index in [0.29, 0.717) is 12.5 Å². The molecule has 1 amide bonds. The number of amides is 1. The first-order chi connectivity index (χ1) is 7.13. The Balaban J connectivity index is 2.61. The predicted molar refractivity (Wildman–Crippen MR) is 63.1 cm³/mol. The highest BCUT2D eigenvalue weighted by atomic mass is 35.5. The highest BCUT2D eigenvalue weighted by molar-refractivity contribution is 6.27. The summed E-state index contributed by atoms with van der Waals surface area (Å²) >= 11 is 5.39. The molecule has 0 aliphatic rings. The summed E-state index contributed by atoms with van der Waals surface area (Å²) in [5, 5.41) is 2.74. The molecule has 2 nitrogen and oxygen atoms in total. The fourth-order valence-corrected chi connectivity index (χ4v) is 1.40. The lowest BCUT2D eigenvalue weighted by Gasteiger charge is -2.08. The standard InChI is InChI=1S/C12H16ClNO/c1-9(2)11-5-3-4-10(6-11)8-14-12(15)7-13/h3-6,9H,7-8H2,1-2H3,(H,14,15). The Labute approximate surface area is 95.6 Å². The summed E-state index contributed by atoms with van der Waals surface area (Å²) in [6.45, 7) is 4.85. The fourth-order valence-electron chi connectivity index (χ4n) is 1.31. The van der Waals surface area contributed by atoms with Crippen molar-refractivity contribution in [1.29, 1.82) is 0 Å². The molecular formula is C12H16ClNO. The predicted octanol–water partition coefficient (Wildman–Crippen LogP) is 2.67. The quantitative estimate of drug-likeness (QED) is 0.785. The Morgan fingerprint density at radius 1 is 1.47 bits per heavy atom. The number of carbonyl (C=O) groups is 1. The van der Waals surface area contributed by atoms with Crippen molar-refractivity contribution in [2.75, 3.05) is 5.88 Å². The number of hydrogen-bond donors (Lipinski definition) is 1. The van der Waals surface area contributed by atoms with Crippen molar-refractivity contribution in [3.8, 4) is 0 Å². The van der Waals surface area contributed by atoms with Crippen LogP contribution in [0.5, 0.6) is 0 Å². The SMILES string of the molecule is CC(C)c1cccc(CNC(=O)CCl)c1. The van der Waals surface area contributed by atoms with E-state index in [1.165, 1.54) is 5.56 Å². The molecule has 1 aromatic rings. The van der Waals surface area contributed by atoms with Crippen LogP contribution in [-0.4, -0.2) is 11.8 Å². The monoisotopic (exact) mass is 225 g/mol. The van der Waals surface area contributed by atoms with Gasteiger partial charge in [0.15, 0.2) is 0 Å². The van der Waals surface area contributed by atoms with Crippen molar-refractivity contribution in [3.63, 3.8) is 0 Å². The molecule has 1 aromatic carbocycles.